The van der Waals surface area contributed by atoms with E-state index >= 15 is 0 Å². The van der Waals surface area contributed by atoms with Gasteiger partial charge in [0.15, 0.2) is 6.10 Å². The van der Waals surface area contributed by atoms with E-state index in [0.717, 1.165) is 25.7 Å². The van der Waals surface area contributed by atoms with E-state index in [9.17, 15) is 9.59 Å². The van der Waals surface area contributed by atoms with E-state index in [0.29, 0.717) is 26.1 Å². The third-order valence-electron chi connectivity index (χ3n) is 4.00. The molecule has 1 N–H and O–H groups in total. The lowest BCUT2D eigenvalue weighted by Gasteiger charge is -2.33. The molecular weight excluding hydrogens is 262 g/mol. The van der Waals surface area contributed by atoms with Crippen LogP contribution in [0.5, 0.6) is 0 Å². The fourth-order valence-corrected chi connectivity index (χ4v) is 2.86. The monoisotopic (exact) mass is 285 g/mol. The average molecular weight is 285 g/mol. The van der Waals surface area contributed by atoms with Crippen molar-refractivity contribution in [3.05, 3.63) is 0 Å². The second-order valence-electron chi connectivity index (χ2n) is 5.41. The van der Waals surface area contributed by atoms with Crippen molar-refractivity contribution in [1.82, 2.24) is 5.32 Å². The number of nitrogens with one attached hydrogen (secondary N) is 1. The van der Waals surface area contributed by atoms with E-state index in [4.69, 9.17) is 14.2 Å². The highest BCUT2D eigenvalue weighted by molar-refractivity contribution is 5.90. The molecule has 6 heteroatoms. The molecule has 1 aliphatic heterocycles. The lowest BCUT2D eigenvalue weighted by atomic mass is 9.89. The van der Waals surface area contributed by atoms with Gasteiger partial charge in [-0.25, -0.2) is 4.79 Å². The van der Waals surface area contributed by atoms with Crippen LogP contribution in [0.2, 0.25) is 0 Å². The molecule has 1 amide bonds. The van der Waals surface area contributed by atoms with E-state index in [1.165, 1.54) is 7.11 Å². The molecule has 6 nitrogen and oxygen atoms in total. The number of carbonyl (C=O) groups excluding carboxylic acids is 2. The second-order valence-corrected chi connectivity index (χ2v) is 5.41. The molecule has 0 bridgehead atoms. The summed E-state index contributed by atoms with van der Waals surface area (Å²) in [6, 6.07) is 0. The van der Waals surface area contributed by atoms with Crippen molar-refractivity contribution in [2.45, 2.75) is 50.2 Å². The maximum atomic E-state index is 12.3. The van der Waals surface area contributed by atoms with Gasteiger partial charge in [-0.2, -0.15) is 0 Å². The molecular formula is C14H23NO5. The van der Waals surface area contributed by atoms with Crippen molar-refractivity contribution in [1.29, 1.82) is 0 Å². The number of esters is 1. The highest BCUT2D eigenvalue weighted by Crippen LogP contribution is 2.28. The van der Waals surface area contributed by atoms with Gasteiger partial charge in [0.1, 0.15) is 5.54 Å². The summed E-state index contributed by atoms with van der Waals surface area (Å²) in [7, 11) is 1.36. The number of hydrogen-bond donors (Lipinski definition) is 1. The Labute approximate surface area is 119 Å². The van der Waals surface area contributed by atoms with Gasteiger partial charge in [-0.05, 0) is 12.8 Å². The van der Waals surface area contributed by atoms with E-state index in [1.807, 2.05) is 0 Å². The first-order chi connectivity index (χ1) is 9.68. The molecule has 1 aliphatic carbocycles. The van der Waals surface area contributed by atoms with Crippen LogP contribution in [-0.4, -0.2) is 50.4 Å². The Hall–Kier alpha value is -1.14. The minimum Gasteiger partial charge on any atom is -0.467 e. The van der Waals surface area contributed by atoms with Crippen LogP contribution in [0.4, 0.5) is 0 Å². The third kappa shape index (κ3) is 3.49. The zero-order chi connectivity index (χ0) is 14.4. The number of hydrogen-bond acceptors (Lipinski definition) is 5. The standard InChI is InChI=1S/C14H23NO5/c1-18-13(17)14(6-4-2-3-5-7-14)15-12(16)11-10-19-8-9-20-11/h11H,2-10H2,1H3,(H,15,16). The van der Waals surface area contributed by atoms with Gasteiger partial charge in [0.05, 0.1) is 26.9 Å². The van der Waals surface area contributed by atoms with Crippen molar-refractivity contribution in [2.24, 2.45) is 0 Å². The Bertz CT molecular complexity index is 343. The molecule has 0 aromatic rings. The van der Waals surface area contributed by atoms with Crippen molar-refractivity contribution in [3.63, 3.8) is 0 Å². The Morgan fingerprint density at radius 3 is 2.40 bits per heavy atom. The van der Waals surface area contributed by atoms with Gasteiger partial charge >= 0.3 is 5.97 Å². The highest BCUT2D eigenvalue weighted by atomic mass is 16.6. The normalized spacial score (nSPS) is 26.4. The van der Waals surface area contributed by atoms with Crippen LogP contribution in [0.1, 0.15) is 38.5 Å². The molecule has 0 aromatic carbocycles. The largest absolute Gasteiger partial charge is 0.467 e. The van der Waals surface area contributed by atoms with Gasteiger partial charge in [-0.1, -0.05) is 25.7 Å². The lowest BCUT2D eigenvalue weighted by molar-refractivity contribution is -0.158. The van der Waals surface area contributed by atoms with Crippen LogP contribution in [0, 0.1) is 0 Å². The second kappa shape index (κ2) is 7.04. The quantitative estimate of drug-likeness (QED) is 0.613. The molecule has 1 saturated carbocycles. The smallest absolute Gasteiger partial charge is 0.331 e. The number of amides is 1. The van der Waals surface area contributed by atoms with E-state index in [1.54, 1.807) is 0 Å². The van der Waals surface area contributed by atoms with Gasteiger partial charge in [0.25, 0.3) is 5.91 Å². The maximum Gasteiger partial charge on any atom is 0.331 e. The molecule has 2 aliphatic rings. The summed E-state index contributed by atoms with van der Waals surface area (Å²) in [6.45, 7) is 1.15. The summed E-state index contributed by atoms with van der Waals surface area (Å²) in [5.74, 6) is -0.638. The zero-order valence-corrected chi connectivity index (χ0v) is 12.0. The SMILES string of the molecule is COC(=O)C1(NC(=O)C2COCCO2)CCCCCC1. The Kier molecular flexibility index (Phi) is 5.37. The Balaban J connectivity index is 2.06. The van der Waals surface area contributed by atoms with Crippen molar-refractivity contribution in [2.75, 3.05) is 26.9 Å². The van der Waals surface area contributed by atoms with Crippen LogP contribution < -0.4 is 5.32 Å². The number of carbonyl (C=O) groups is 2. The molecule has 0 spiro atoms. The molecule has 0 aromatic heterocycles. The number of methoxy groups -OCH3 is 1. The van der Waals surface area contributed by atoms with Crippen molar-refractivity contribution >= 4 is 11.9 Å². The summed E-state index contributed by atoms with van der Waals surface area (Å²) in [4.78, 5) is 24.4. The summed E-state index contributed by atoms with van der Waals surface area (Å²) in [5.41, 5.74) is -0.900. The van der Waals surface area contributed by atoms with Crippen LogP contribution in [0.15, 0.2) is 0 Å². The van der Waals surface area contributed by atoms with Crippen LogP contribution >= 0.6 is 0 Å². The molecule has 20 heavy (non-hydrogen) atoms. The van der Waals surface area contributed by atoms with Gasteiger partial charge < -0.3 is 19.5 Å². The Morgan fingerprint density at radius 1 is 1.15 bits per heavy atom. The molecule has 1 atom stereocenters. The predicted molar refractivity (Wildman–Crippen MR) is 71.2 cm³/mol. The number of ether oxygens (including phenoxy) is 3. The first-order valence-corrected chi connectivity index (χ1v) is 7.28. The first-order valence-electron chi connectivity index (χ1n) is 7.28. The van der Waals surface area contributed by atoms with Gasteiger partial charge in [0.2, 0.25) is 0 Å². The molecule has 2 rings (SSSR count). The molecule has 1 heterocycles. The Morgan fingerprint density at radius 2 is 1.85 bits per heavy atom. The third-order valence-corrected chi connectivity index (χ3v) is 4.00. The molecule has 1 saturated heterocycles. The minimum atomic E-state index is -0.900. The van der Waals surface area contributed by atoms with Crippen LogP contribution in [0.25, 0.3) is 0 Å². The van der Waals surface area contributed by atoms with Gasteiger partial charge in [-0.3, -0.25) is 4.79 Å². The summed E-state index contributed by atoms with van der Waals surface area (Å²) >= 11 is 0. The predicted octanol–water partition coefficient (Wildman–Crippen LogP) is 0.784. The van der Waals surface area contributed by atoms with Crippen LogP contribution in [0.3, 0.4) is 0 Å². The molecule has 2 fully saturated rings. The van der Waals surface area contributed by atoms with Gasteiger partial charge in [-0.15, -0.1) is 0 Å². The van der Waals surface area contributed by atoms with E-state index in [-0.39, 0.29) is 18.5 Å². The first kappa shape index (κ1) is 15.3. The van der Waals surface area contributed by atoms with E-state index < -0.39 is 11.6 Å². The zero-order valence-electron chi connectivity index (χ0n) is 12.0. The summed E-state index contributed by atoms with van der Waals surface area (Å²) < 4.78 is 15.5. The highest BCUT2D eigenvalue weighted by Gasteiger charge is 2.42. The molecule has 0 radical (unpaired) electrons. The van der Waals surface area contributed by atoms with Crippen molar-refractivity contribution < 1.29 is 23.8 Å². The van der Waals surface area contributed by atoms with Crippen LogP contribution in [-0.2, 0) is 23.8 Å². The lowest BCUT2D eigenvalue weighted by Crippen LogP contribution is -2.58. The summed E-state index contributed by atoms with van der Waals surface area (Å²) in [6.07, 6.45) is 4.61. The fourth-order valence-electron chi connectivity index (χ4n) is 2.86. The average Bonchev–Trinajstić information content (AvgIpc) is 2.74. The molecule has 1 unspecified atom stereocenters. The van der Waals surface area contributed by atoms with Crippen molar-refractivity contribution in [3.8, 4) is 0 Å². The van der Waals surface area contributed by atoms with E-state index in [2.05, 4.69) is 5.32 Å². The topological polar surface area (TPSA) is 73.9 Å². The minimum absolute atomic E-state index is 0.239. The summed E-state index contributed by atoms with van der Waals surface area (Å²) in [5, 5.41) is 2.87. The van der Waals surface area contributed by atoms with Gasteiger partial charge in [0, 0.05) is 0 Å². The maximum absolute atomic E-state index is 12.3. The number of rotatable bonds is 3. The molecule has 114 valence electrons. The fraction of sp³-hybridized carbons (Fsp3) is 0.857.